The molecular weight excluding hydrogens is 658 g/mol. The molecule has 0 aliphatic heterocycles. The highest BCUT2D eigenvalue weighted by Crippen LogP contribution is 2.35. The van der Waals surface area contributed by atoms with Gasteiger partial charge >= 0.3 is 11.9 Å². The van der Waals surface area contributed by atoms with Crippen molar-refractivity contribution in [2.24, 2.45) is 5.10 Å². The Morgan fingerprint density at radius 2 is 1.68 bits per heavy atom. The summed E-state index contributed by atoms with van der Waals surface area (Å²) in [6.07, 6.45) is 0.688. The first-order valence-electron chi connectivity index (χ1n) is 12.8. The van der Waals surface area contributed by atoms with Crippen molar-refractivity contribution in [3.8, 4) is 17.2 Å². The Labute approximate surface area is 254 Å². The number of esters is 1. The van der Waals surface area contributed by atoms with E-state index in [4.69, 9.17) is 18.6 Å². The summed E-state index contributed by atoms with van der Waals surface area (Å²) in [5, 5.41) is 4.01. The number of ether oxygens (including phenoxy) is 3. The van der Waals surface area contributed by atoms with Crippen molar-refractivity contribution in [2.75, 3.05) is 6.61 Å². The predicted octanol–water partition coefficient (Wildman–Crippen LogP) is 6.89. The van der Waals surface area contributed by atoms with Crippen molar-refractivity contribution in [3.63, 3.8) is 0 Å². The third kappa shape index (κ3) is 7.68. The number of hydrazone groups is 1. The molecule has 214 valence electrons. The summed E-state index contributed by atoms with van der Waals surface area (Å²) in [4.78, 5) is 24.4. The second kappa shape index (κ2) is 13.7. The van der Waals surface area contributed by atoms with Crippen LogP contribution < -0.4 is 14.9 Å². The molecule has 4 aromatic rings. The Balaban J connectivity index is 1.30. The van der Waals surface area contributed by atoms with Crippen LogP contribution in [0.4, 0.5) is 0 Å². The Morgan fingerprint density at radius 3 is 2.32 bits per heavy atom. The number of hydrogen-bond acceptors (Lipinski definition) is 7. The fourth-order valence-electron chi connectivity index (χ4n) is 3.97. The number of amides is 1. The predicted molar refractivity (Wildman–Crippen MR) is 162 cm³/mol. The van der Waals surface area contributed by atoms with Crippen molar-refractivity contribution in [2.45, 2.75) is 40.4 Å². The van der Waals surface area contributed by atoms with Gasteiger partial charge < -0.3 is 23.2 Å². The Bertz CT molecular complexity index is 1520. The molecular formula is C30H29Br2N3O6. The standard InChI is InChI=1S/C30H29Br2N3O6/c1-5-38-30(37)20(4)40-28-25(31)14-21(15-26(28)32)16-33-34-29(36)27-13-12-24(41-27)17-39-23-10-8-22(9-11-23)35-18(2)6-7-19(35)3/h6-16,20H,5,17H2,1-4H3,(H,34,36)/b33-16+/t20-/m0/s1. The molecule has 0 saturated heterocycles. The van der Waals surface area contributed by atoms with Crippen molar-refractivity contribution in [1.82, 2.24) is 9.99 Å². The number of aromatic nitrogens is 1. The minimum Gasteiger partial charge on any atom is -0.486 e. The van der Waals surface area contributed by atoms with Crippen molar-refractivity contribution < 1.29 is 28.2 Å². The molecule has 11 heteroatoms. The maximum absolute atomic E-state index is 12.5. The van der Waals surface area contributed by atoms with Crippen molar-refractivity contribution >= 4 is 50.0 Å². The quantitative estimate of drug-likeness (QED) is 0.105. The summed E-state index contributed by atoms with van der Waals surface area (Å²) in [5.74, 6) is 0.774. The number of hydrogen-bond donors (Lipinski definition) is 1. The first-order valence-corrected chi connectivity index (χ1v) is 14.4. The summed E-state index contributed by atoms with van der Waals surface area (Å²) in [7, 11) is 0. The molecule has 41 heavy (non-hydrogen) atoms. The average molecular weight is 687 g/mol. The number of halogens is 2. The zero-order valence-electron chi connectivity index (χ0n) is 22.9. The molecule has 4 rings (SSSR count). The molecule has 1 atom stereocenters. The molecule has 0 aliphatic carbocycles. The van der Waals surface area contributed by atoms with Crippen LogP contribution in [-0.4, -0.2) is 35.4 Å². The van der Waals surface area contributed by atoms with E-state index in [1.54, 1.807) is 38.1 Å². The molecule has 0 bridgehead atoms. The first-order chi connectivity index (χ1) is 19.7. The minimum atomic E-state index is -0.783. The molecule has 2 aromatic carbocycles. The van der Waals surface area contributed by atoms with E-state index in [9.17, 15) is 9.59 Å². The lowest BCUT2D eigenvalue weighted by molar-refractivity contribution is -0.150. The molecule has 0 aliphatic rings. The van der Waals surface area contributed by atoms with Crippen LogP contribution in [-0.2, 0) is 16.1 Å². The fraction of sp³-hybridized carbons (Fsp3) is 0.233. The molecule has 0 radical (unpaired) electrons. The zero-order chi connectivity index (χ0) is 29.5. The Morgan fingerprint density at radius 1 is 1.02 bits per heavy atom. The van der Waals surface area contributed by atoms with E-state index < -0.39 is 18.0 Å². The second-order valence-electron chi connectivity index (χ2n) is 9.02. The summed E-state index contributed by atoms with van der Waals surface area (Å²) in [5.41, 5.74) is 6.49. The van der Waals surface area contributed by atoms with E-state index in [1.807, 2.05) is 24.3 Å². The lowest BCUT2D eigenvalue weighted by Gasteiger charge is -2.16. The summed E-state index contributed by atoms with van der Waals surface area (Å²) in [6.45, 7) is 7.91. The van der Waals surface area contributed by atoms with Gasteiger partial charge in [-0.3, -0.25) is 4.79 Å². The highest BCUT2D eigenvalue weighted by Gasteiger charge is 2.19. The average Bonchev–Trinajstić information content (AvgIpc) is 3.56. The molecule has 2 heterocycles. The second-order valence-corrected chi connectivity index (χ2v) is 10.7. The molecule has 1 amide bonds. The number of carbonyl (C=O) groups excluding carboxylic acids is 2. The lowest BCUT2D eigenvalue weighted by atomic mass is 10.2. The van der Waals surface area contributed by atoms with Crippen LogP contribution in [0, 0.1) is 13.8 Å². The highest BCUT2D eigenvalue weighted by atomic mass is 79.9. The molecule has 9 nitrogen and oxygen atoms in total. The molecule has 1 N–H and O–H groups in total. The lowest BCUT2D eigenvalue weighted by Crippen LogP contribution is -2.26. The normalized spacial score (nSPS) is 11.9. The van der Waals surface area contributed by atoms with Gasteiger partial charge in [-0.1, -0.05) is 0 Å². The van der Waals surface area contributed by atoms with Gasteiger partial charge in [0.15, 0.2) is 11.9 Å². The number of rotatable bonds is 11. The van der Waals surface area contributed by atoms with Crippen LogP contribution in [0.3, 0.4) is 0 Å². The van der Waals surface area contributed by atoms with Gasteiger partial charge in [-0.25, -0.2) is 10.2 Å². The van der Waals surface area contributed by atoms with E-state index in [2.05, 4.69) is 72.9 Å². The van der Waals surface area contributed by atoms with Crippen LogP contribution in [0.2, 0.25) is 0 Å². The van der Waals surface area contributed by atoms with Crippen LogP contribution in [0.25, 0.3) is 5.69 Å². The van der Waals surface area contributed by atoms with Gasteiger partial charge in [-0.15, -0.1) is 0 Å². The smallest absolute Gasteiger partial charge is 0.347 e. The molecule has 2 aromatic heterocycles. The monoisotopic (exact) mass is 685 g/mol. The summed E-state index contributed by atoms with van der Waals surface area (Å²) >= 11 is 6.88. The van der Waals surface area contributed by atoms with Gasteiger partial charge in [-0.2, -0.15) is 5.10 Å². The van der Waals surface area contributed by atoms with Crippen LogP contribution in [0.5, 0.6) is 11.5 Å². The van der Waals surface area contributed by atoms with Gasteiger partial charge in [0.25, 0.3) is 0 Å². The third-order valence-corrected chi connectivity index (χ3v) is 7.12. The zero-order valence-corrected chi connectivity index (χ0v) is 26.1. The fourth-order valence-corrected chi connectivity index (χ4v) is 5.38. The summed E-state index contributed by atoms with van der Waals surface area (Å²) < 4.78 is 25.5. The minimum absolute atomic E-state index is 0.105. The van der Waals surface area contributed by atoms with Gasteiger partial charge in [-0.05, 0) is 126 Å². The van der Waals surface area contributed by atoms with Crippen LogP contribution in [0.1, 0.15) is 47.1 Å². The maximum atomic E-state index is 12.5. The van der Waals surface area contributed by atoms with E-state index in [1.165, 1.54) is 6.21 Å². The van der Waals surface area contributed by atoms with Gasteiger partial charge in [0.2, 0.25) is 0 Å². The van der Waals surface area contributed by atoms with Crippen LogP contribution in [0.15, 0.2) is 79.1 Å². The number of furan rings is 1. The first kappa shape index (κ1) is 30.1. The van der Waals surface area contributed by atoms with Crippen molar-refractivity contribution in [3.05, 3.63) is 98.1 Å². The number of benzene rings is 2. The van der Waals surface area contributed by atoms with E-state index in [-0.39, 0.29) is 19.0 Å². The van der Waals surface area contributed by atoms with Crippen LogP contribution >= 0.6 is 31.9 Å². The highest BCUT2D eigenvalue weighted by molar-refractivity contribution is 9.11. The number of carbonyl (C=O) groups is 2. The summed E-state index contributed by atoms with van der Waals surface area (Å²) in [6, 6.07) is 18.7. The SMILES string of the molecule is CCOC(=O)[C@H](C)Oc1c(Br)cc(/C=N/NC(=O)c2ccc(COc3ccc(-n4c(C)ccc4C)cc3)o2)cc1Br. The topological polar surface area (TPSA) is 104 Å². The van der Waals surface area contributed by atoms with E-state index in [0.717, 1.165) is 17.1 Å². The number of nitrogens with zero attached hydrogens (tertiary/aromatic N) is 2. The Kier molecular flexibility index (Phi) is 10.1. The van der Waals surface area contributed by atoms with Gasteiger partial charge in [0, 0.05) is 17.1 Å². The Hall–Kier alpha value is -3.83. The number of aryl methyl sites for hydroxylation is 2. The van der Waals surface area contributed by atoms with E-state index in [0.29, 0.717) is 31.8 Å². The van der Waals surface area contributed by atoms with E-state index >= 15 is 0 Å². The third-order valence-electron chi connectivity index (χ3n) is 5.95. The maximum Gasteiger partial charge on any atom is 0.347 e. The molecule has 0 saturated carbocycles. The van der Waals surface area contributed by atoms with Gasteiger partial charge in [0.1, 0.15) is 23.9 Å². The molecule has 0 unspecified atom stereocenters. The van der Waals surface area contributed by atoms with Gasteiger partial charge in [0.05, 0.1) is 21.8 Å². The number of nitrogens with one attached hydrogen (secondary N) is 1. The largest absolute Gasteiger partial charge is 0.486 e. The molecule has 0 fully saturated rings. The van der Waals surface area contributed by atoms with Crippen molar-refractivity contribution in [1.29, 1.82) is 0 Å². The molecule has 0 spiro atoms.